The fourth-order valence-electron chi connectivity index (χ4n) is 2.04. The van der Waals surface area contributed by atoms with Gasteiger partial charge < -0.3 is 5.73 Å². The Hall–Kier alpha value is -1.93. The maximum absolute atomic E-state index is 12.0. The third-order valence-corrected chi connectivity index (χ3v) is 3.28. The molecule has 0 spiro atoms. The number of rotatable bonds is 5. The van der Waals surface area contributed by atoms with Crippen molar-refractivity contribution in [2.24, 2.45) is 5.73 Å². The van der Waals surface area contributed by atoms with Crippen LogP contribution in [0.4, 0.5) is 0 Å². The molecule has 0 fully saturated rings. The average molecular weight is 253 g/mol. The van der Waals surface area contributed by atoms with E-state index in [1.807, 2.05) is 61.5 Å². The molecule has 0 aliphatic carbocycles. The molecule has 0 saturated heterocycles. The van der Waals surface area contributed by atoms with E-state index >= 15 is 0 Å². The van der Waals surface area contributed by atoms with Gasteiger partial charge in [0.1, 0.15) is 0 Å². The van der Waals surface area contributed by atoms with Gasteiger partial charge in [-0.05, 0) is 18.9 Å². The lowest BCUT2D eigenvalue weighted by atomic mass is 9.99. The van der Waals surface area contributed by atoms with Gasteiger partial charge in [-0.2, -0.15) is 0 Å². The van der Waals surface area contributed by atoms with Gasteiger partial charge in [-0.25, -0.2) is 0 Å². The first-order valence-corrected chi connectivity index (χ1v) is 6.57. The van der Waals surface area contributed by atoms with Crippen LogP contribution in [0.15, 0.2) is 54.6 Å². The van der Waals surface area contributed by atoms with Crippen molar-refractivity contribution in [3.8, 4) is 0 Å². The van der Waals surface area contributed by atoms with Gasteiger partial charge in [0, 0.05) is 18.0 Å². The molecule has 2 nitrogen and oxygen atoms in total. The van der Waals surface area contributed by atoms with Gasteiger partial charge in [-0.15, -0.1) is 0 Å². The topological polar surface area (TPSA) is 43.1 Å². The Morgan fingerprint density at radius 3 is 2.32 bits per heavy atom. The van der Waals surface area contributed by atoms with Crippen LogP contribution >= 0.6 is 0 Å². The number of nitrogens with two attached hydrogens (primary N) is 1. The highest BCUT2D eigenvalue weighted by Gasteiger charge is 2.10. The van der Waals surface area contributed by atoms with Gasteiger partial charge in [0.25, 0.3) is 0 Å². The van der Waals surface area contributed by atoms with Gasteiger partial charge in [-0.1, -0.05) is 60.2 Å². The average Bonchev–Trinajstić information content (AvgIpc) is 2.46. The highest BCUT2D eigenvalue weighted by molar-refractivity contribution is 5.96. The van der Waals surface area contributed by atoms with Gasteiger partial charge in [0.05, 0.1) is 0 Å². The van der Waals surface area contributed by atoms with E-state index in [9.17, 15) is 4.79 Å². The molecule has 0 aliphatic rings. The van der Waals surface area contributed by atoms with Gasteiger partial charge >= 0.3 is 0 Å². The standard InChI is InChI=1S/C17H19NO/c1-13-7-9-15(10-8-13)17(19)12-11-16(18)14-5-3-2-4-6-14/h2-10,16H,11-12,18H2,1H3. The van der Waals surface area contributed by atoms with Crippen molar-refractivity contribution in [1.82, 2.24) is 0 Å². The Labute approximate surface area is 114 Å². The third kappa shape index (κ3) is 3.76. The van der Waals surface area contributed by atoms with Crippen LogP contribution in [0.2, 0.25) is 0 Å². The van der Waals surface area contributed by atoms with Crippen molar-refractivity contribution in [2.45, 2.75) is 25.8 Å². The molecule has 1 unspecified atom stereocenters. The van der Waals surface area contributed by atoms with Crippen LogP contribution in [0.1, 0.15) is 40.4 Å². The zero-order valence-electron chi connectivity index (χ0n) is 11.2. The molecule has 0 bridgehead atoms. The fraction of sp³-hybridized carbons (Fsp3) is 0.235. The zero-order chi connectivity index (χ0) is 13.7. The van der Waals surface area contributed by atoms with Gasteiger partial charge in [-0.3, -0.25) is 4.79 Å². The Morgan fingerprint density at radius 1 is 1.05 bits per heavy atom. The van der Waals surface area contributed by atoms with E-state index in [4.69, 9.17) is 5.73 Å². The van der Waals surface area contributed by atoms with Crippen molar-refractivity contribution in [2.75, 3.05) is 0 Å². The van der Waals surface area contributed by atoms with Crippen LogP contribution in [0.25, 0.3) is 0 Å². The summed E-state index contributed by atoms with van der Waals surface area (Å²) in [6, 6.07) is 17.5. The summed E-state index contributed by atoms with van der Waals surface area (Å²) in [5.74, 6) is 0.159. The molecule has 98 valence electrons. The summed E-state index contributed by atoms with van der Waals surface area (Å²) in [5, 5.41) is 0. The van der Waals surface area contributed by atoms with E-state index in [-0.39, 0.29) is 11.8 Å². The normalized spacial score (nSPS) is 12.1. The Bertz CT molecular complexity index is 531. The van der Waals surface area contributed by atoms with E-state index in [0.29, 0.717) is 12.8 Å². The van der Waals surface area contributed by atoms with Crippen LogP contribution in [0.5, 0.6) is 0 Å². The maximum atomic E-state index is 12.0. The lowest BCUT2D eigenvalue weighted by molar-refractivity contribution is 0.0977. The highest BCUT2D eigenvalue weighted by atomic mass is 16.1. The van der Waals surface area contributed by atoms with Crippen molar-refractivity contribution in [3.63, 3.8) is 0 Å². The predicted octanol–water partition coefficient (Wildman–Crippen LogP) is 3.66. The minimum Gasteiger partial charge on any atom is -0.324 e. The summed E-state index contributed by atoms with van der Waals surface area (Å²) in [7, 11) is 0. The summed E-state index contributed by atoms with van der Waals surface area (Å²) in [5.41, 5.74) is 9.11. The van der Waals surface area contributed by atoms with E-state index in [1.165, 1.54) is 0 Å². The smallest absolute Gasteiger partial charge is 0.162 e. The second-order valence-corrected chi connectivity index (χ2v) is 4.85. The lowest BCUT2D eigenvalue weighted by Gasteiger charge is -2.11. The number of carbonyl (C=O) groups excluding carboxylic acids is 1. The molecule has 0 heterocycles. The van der Waals surface area contributed by atoms with Crippen molar-refractivity contribution in [1.29, 1.82) is 0 Å². The highest BCUT2D eigenvalue weighted by Crippen LogP contribution is 2.17. The number of Topliss-reactive ketones (excluding diaryl/α,β-unsaturated/α-hetero) is 1. The minimum absolute atomic E-state index is 0.0735. The number of benzene rings is 2. The monoisotopic (exact) mass is 253 g/mol. The molecule has 2 heteroatoms. The molecular formula is C17H19NO. The van der Waals surface area contributed by atoms with Crippen molar-refractivity contribution in [3.05, 3.63) is 71.3 Å². The molecular weight excluding hydrogens is 234 g/mol. The first-order chi connectivity index (χ1) is 9.16. The number of aryl methyl sites for hydroxylation is 1. The maximum Gasteiger partial charge on any atom is 0.162 e. The predicted molar refractivity (Wildman–Crippen MR) is 78.1 cm³/mol. The van der Waals surface area contributed by atoms with Crippen LogP contribution in [-0.2, 0) is 0 Å². The van der Waals surface area contributed by atoms with E-state index < -0.39 is 0 Å². The molecule has 0 saturated carbocycles. The number of carbonyl (C=O) groups is 1. The molecule has 0 aromatic heterocycles. The Balaban J connectivity index is 1.92. The molecule has 0 amide bonds. The van der Waals surface area contributed by atoms with Crippen LogP contribution in [-0.4, -0.2) is 5.78 Å². The van der Waals surface area contributed by atoms with Gasteiger partial charge in [0.2, 0.25) is 0 Å². The molecule has 2 aromatic rings. The fourth-order valence-corrected chi connectivity index (χ4v) is 2.04. The molecule has 1 atom stereocenters. The summed E-state index contributed by atoms with van der Waals surface area (Å²) < 4.78 is 0. The number of hydrogen-bond donors (Lipinski definition) is 1. The van der Waals surface area contributed by atoms with Crippen molar-refractivity contribution >= 4 is 5.78 Å². The molecule has 2 rings (SSSR count). The zero-order valence-corrected chi connectivity index (χ0v) is 11.2. The van der Waals surface area contributed by atoms with E-state index in [1.54, 1.807) is 0 Å². The molecule has 2 N–H and O–H groups in total. The third-order valence-electron chi connectivity index (χ3n) is 3.28. The van der Waals surface area contributed by atoms with E-state index in [2.05, 4.69) is 0 Å². The summed E-state index contributed by atoms with van der Waals surface area (Å²) in [6.45, 7) is 2.01. The second-order valence-electron chi connectivity index (χ2n) is 4.85. The van der Waals surface area contributed by atoms with Crippen LogP contribution in [0.3, 0.4) is 0 Å². The van der Waals surface area contributed by atoms with Crippen LogP contribution < -0.4 is 5.73 Å². The summed E-state index contributed by atoms with van der Waals surface area (Å²) in [4.78, 5) is 12.0. The first-order valence-electron chi connectivity index (χ1n) is 6.57. The summed E-state index contributed by atoms with van der Waals surface area (Å²) in [6.07, 6.45) is 1.16. The second kappa shape index (κ2) is 6.30. The quantitative estimate of drug-likeness (QED) is 0.826. The largest absolute Gasteiger partial charge is 0.324 e. The molecule has 0 radical (unpaired) electrons. The van der Waals surface area contributed by atoms with E-state index in [0.717, 1.165) is 16.7 Å². The van der Waals surface area contributed by atoms with Crippen molar-refractivity contribution < 1.29 is 4.79 Å². The number of hydrogen-bond acceptors (Lipinski definition) is 2. The minimum atomic E-state index is -0.0735. The lowest BCUT2D eigenvalue weighted by Crippen LogP contribution is -2.12. The first kappa shape index (κ1) is 13.5. The molecule has 2 aromatic carbocycles. The number of ketones is 1. The summed E-state index contributed by atoms with van der Waals surface area (Å²) >= 11 is 0. The SMILES string of the molecule is Cc1ccc(C(=O)CCC(N)c2ccccc2)cc1. The Morgan fingerprint density at radius 2 is 1.68 bits per heavy atom. The van der Waals surface area contributed by atoms with Crippen LogP contribution in [0, 0.1) is 6.92 Å². The van der Waals surface area contributed by atoms with Gasteiger partial charge in [0.15, 0.2) is 5.78 Å². The molecule has 0 aliphatic heterocycles. The molecule has 19 heavy (non-hydrogen) atoms. The Kier molecular flexibility index (Phi) is 4.48.